The lowest BCUT2D eigenvalue weighted by molar-refractivity contribution is -0.180. The number of carboxylic acid groups (broad SMARTS) is 1. The second-order valence-corrected chi connectivity index (χ2v) is 2.47. The second kappa shape index (κ2) is 3.77. The molecular weight excluding hydrogens is 174 g/mol. The summed E-state index contributed by atoms with van der Waals surface area (Å²) in [6, 6.07) is 0. The van der Waals surface area contributed by atoms with Crippen LogP contribution < -0.4 is 0 Å². The summed E-state index contributed by atoms with van der Waals surface area (Å²) in [4.78, 5) is 9.94. The van der Waals surface area contributed by atoms with Crippen LogP contribution in [-0.4, -0.2) is 39.9 Å². The monoisotopic (exact) mass is 184 g/mol. The molecule has 0 heterocycles. The minimum atomic E-state index is -4.01. The molecule has 0 aromatic carbocycles. The fraction of sp³-hybridized carbons (Fsp3) is 0.833. The fourth-order valence-corrected chi connectivity index (χ4v) is 0.595. The van der Waals surface area contributed by atoms with Crippen molar-refractivity contribution < 1.29 is 28.9 Å². The van der Waals surface area contributed by atoms with Crippen molar-refractivity contribution in [1.82, 2.24) is 0 Å². The van der Waals surface area contributed by atoms with E-state index in [1.165, 1.54) is 0 Å². The van der Waals surface area contributed by atoms with Crippen LogP contribution >= 0.6 is 0 Å². The highest BCUT2D eigenvalue weighted by atomic mass is 19.3. The van der Waals surface area contributed by atoms with Crippen molar-refractivity contribution in [2.45, 2.75) is 19.0 Å². The van der Waals surface area contributed by atoms with Crippen LogP contribution in [0.2, 0.25) is 0 Å². The molecule has 0 unspecified atom stereocenters. The SMILES string of the molecule is C[C@H]([C@H](O)CO)C(F)(F)C(=O)O. The Labute approximate surface area is 67.4 Å². The molecule has 0 aliphatic heterocycles. The maximum Gasteiger partial charge on any atom is 0.374 e. The largest absolute Gasteiger partial charge is 0.477 e. The van der Waals surface area contributed by atoms with Gasteiger partial charge in [0.1, 0.15) is 0 Å². The summed E-state index contributed by atoms with van der Waals surface area (Å²) < 4.78 is 25.0. The van der Waals surface area contributed by atoms with Crippen LogP contribution in [0.3, 0.4) is 0 Å². The highest BCUT2D eigenvalue weighted by molar-refractivity contribution is 5.75. The topological polar surface area (TPSA) is 77.8 Å². The van der Waals surface area contributed by atoms with E-state index in [-0.39, 0.29) is 0 Å². The van der Waals surface area contributed by atoms with Crippen LogP contribution in [0.25, 0.3) is 0 Å². The lowest BCUT2D eigenvalue weighted by atomic mass is 9.98. The zero-order valence-corrected chi connectivity index (χ0v) is 6.37. The molecule has 0 amide bonds. The minimum absolute atomic E-state index is 0.856. The van der Waals surface area contributed by atoms with E-state index in [2.05, 4.69) is 0 Å². The Kier molecular flexibility index (Phi) is 3.54. The quantitative estimate of drug-likeness (QED) is 0.560. The molecule has 0 bridgehead atoms. The number of aliphatic carboxylic acids is 1. The van der Waals surface area contributed by atoms with Crippen molar-refractivity contribution in [2.24, 2.45) is 5.92 Å². The van der Waals surface area contributed by atoms with E-state index >= 15 is 0 Å². The van der Waals surface area contributed by atoms with Crippen molar-refractivity contribution in [3.63, 3.8) is 0 Å². The molecule has 4 nitrogen and oxygen atoms in total. The van der Waals surface area contributed by atoms with E-state index in [0.717, 1.165) is 6.92 Å². The van der Waals surface area contributed by atoms with Crippen LogP contribution in [0.4, 0.5) is 8.78 Å². The first-order valence-corrected chi connectivity index (χ1v) is 3.24. The molecule has 0 fully saturated rings. The molecule has 0 aliphatic rings. The number of carboxylic acids is 1. The number of carbonyl (C=O) groups is 1. The Morgan fingerprint density at radius 3 is 2.25 bits per heavy atom. The molecule has 2 atom stereocenters. The molecule has 72 valence electrons. The summed E-state index contributed by atoms with van der Waals surface area (Å²) in [5.41, 5.74) is 0. The lowest BCUT2D eigenvalue weighted by Crippen LogP contribution is -2.43. The normalized spacial score (nSPS) is 17.1. The van der Waals surface area contributed by atoms with Crippen molar-refractivity contribution in [1.29, 1.82) is 0 Å². The van der Waals surface area contributed by atoms with E-state index in [9.17, 15) is 13.6 Å². The first-order chi connectivity index (χ1) is 5.34. The smallest absolute Gasteiger partial charge is 0.374 e. The summed E-state index contributed by atoms with van der Waals surface area (Å²) in [5, 5.41) is 25.0. The molecule has 0 aliphatic carbocycles. The number of halogens is 2. The van der Waals surface area contributed by atoms with Gasteiger partial charge in [-0.25, -0.2) is 4.79 Å². The maximum atomic E-state index is 12.5. The average Bonchev–Trinajstić information content (AvgIpc) is 2.01. The maximum absolute atomic E-state index is 12.5. The Morgan fingerprint density at radius 1 is 1.58 bits per heavy atom. The number of alkyl halides is 2. The van der Waals surface area contributed by atoms with Gasteiger partial charge in [-0.2, -0.15) is 8.78 Å². The van der Waals surface area contributed by atoms with Gasteiger partial charge in [0.15, 0.2) is 0 Å². The third kappa shape index (κ3) is 2.12. The number of hydrogen-bond acceptors (Lipinski definition) is 3. The van der Waals surface area contributed by atoms with Crippen molar-refractivity contribution in [3.05, 3.63) is 0 Å². The van der Waals surface area contributed by atoms with Crippen LogP contribution in [0.5, 0.6) is 0 Å². The average molecular weight is 184 g/mol. The van der Waals surface area contributed by atoms with Gasteiger partial charge >= 0.3 is 11.9 Å². The van der Waals surface area contributed by atoms with Gasteiger partial charge < -0.3 is 15.3 Å². The molecule has 0 aromatic rings. The van der Waals surface area contributed by atoms with Crippen LogP contribution in [0.1, 0.15) is 6.92 Å². The molecule has 0 saturated heterocycles. The second-order valence-electron chi connectivity index (χ2n) is 2.47. The summed E-state index contributed by atoms with van der Waals surface area (Å²) in [7, 11) is 0. The van der Waals surface area contributed by atoms with E-state index in [4.69, 9.17) is 15.3 Å². The number of hydrogen-bond donors (Lipinski definition) is 3. The van der Waals surface area contributed by atoms with Crippen LogP contribution in [0.15, 0.2) is 0 Å². The summed E-state index contributed by atoms with van der Waals surface area (Å²) in [6.07, 6.45) is -1.73. The van der Waals surface area contributed by atoms with Gasteiger partial charge in [-0.3, -0.25) is 0 Å². The zero-order chi connectivity index (χ0) is 9.94. The Bertz CT molecular complexity index is 171. The predicted octanol–water partition coefficient (Wildman–Crippen LogP) is -0.304. The third-order valence-corrected chi connectivity index (χ3v) is 1.62. The number of aliphatic hydroxyl groups is 2. The third-order valence-electron chi connectivity index (χ3n) is 1.62. The van der Waals surface area contributed by atoms with E-state index in [1.54, 1.807) is 0 Å². The molecule has 0 saturated carbocycles. The standard InChI is InChI=1S/C6H10F2O4/c1-3(4(10)2-9)6(7,8)5(11)12/h3-4,9-10H,2H2,1H3,(H,11,12)/t3-,4-/m1/s1. The summed E-state index contributed by atoms with van der Waals surface area (Å²) >= 11 is 0. The fourth-order valence-electron chi connectivity index (χ4n) is 0.595. The Balaban J connectivity index is 4.44. The van der Waals surface area contributed by atoms with Gasteiger partial charge in [0, 0.05) is 0 Å². The number of rotatable bonds is 4. The first-order valence-electron chi connectivity index (χ1n) is 3.24. The minimum Gasteiger partial charge on any atom is -0.477 e. The van der Waals surface area contributed by atoms with Crippen molar-refractivity contribution in [3.8, 4) is 0 Å². The molecule has 3 N–H and O–H groups in total. The zero-order valence-electron chi connectivity index (χ0n) is 6.37. The molecule has 12 heavy (non-hydrogen) atoms. The van der Waals surface area contributed by atoms with Gasteiger partial charge in [-0.15, -0.1) is 0 Å². The van der Waals surface area contributed by atoms with Crippen LogP contribution in [0, 0.1) is 5.92 Å². The highest BCUT2D eigenvalue weighted by Gasteiger charge is 2.47. The summed E-state index contributed by atoms with van der Waals surface area (Å²) in [6.45, 7) is -0.0287. The number of aliphatic hydroxyl groups excluding tert-OH is 2. The Morgan fingerprint density at radius 2 is 2.00 bits per heavy atom. The van der Waals surface area contributed by atoms with Crippen LogP contribution in [-0.2, 0) is 4.79 Å². The van der Waals surface area contributed by atoms with E-state index in [0.29, 0.717) is 0 Å². The van der Waals surface area contributed by atoms with E-state index in [1.807, 2.05) is 0 Å². The van der Waals surface area contributed by atoms with Crippen molar-refractivity contribution in [2.75, 3.05) is 6.61 Å². The molecular formula is C6H10F2O4. The van der Waals surface area contributed by atoms with Gasteiger partial charge in [0.25, 0.3) is 0 Å². The highest BCUT2D eigenvalue weighted by Crippen LogP contribution is 2.27. The van der Waals surface area contributed by atoms with Gasteiger partial charge in [-0.05, 0) is 0 Å². The molecule has 6 heteroatoms. The Hall–Kier alpha value is -0.750. The molecule has 0 spiro atoms. The molecule has 0 rings (SSSR count). The van der Waals surface area contributed by atoms with Gasteiger partial charge in [0.05, 0.1) is 18.6 Å². The molecule has 0 radical (unpaired) electrons. The molecule has 0 aromatic heterocycles. The van der Waals surface area contributed by atoms with Crippen molar-refractivity contribution >= 4 is 5.97 Å². The van der Waals surface area contributed by atoms with Gasteiger partial charge in [0.2, 0.25) is 0 Å². The van der Waals surface area contributed by atoms with Gasteiger partial charge in [-0.1, -0.05) is 6.92 Å². The first kappa shape index (κ1) is 11.2. The predicted molar refractivity (Wildman–Crippen MR) is 34.8 cm³/mol. The summed E-state index contributed by atoms with van der Waals surface area (Å²) in [5.74, 6) is -8.12. The lowest BCUT2D eigenvalue weighted by Gasteiger charge is -2.22. The van der Waals surface area contributed by atoms with E-state index < -0.39 is 30.5 Å².